The van der Waals surface area contributed by atoms with Crippen molar-refractivity contribution in [3.8, 4) is 11.3 Å². The van der Waals surface area contributed by atoms with Crippen molar-refractivity contribution in [1.29, 1.82) is 0 Å². The van der Waals surface area contributed by atoms with Crippen LogP contribution in [-0.4, -0.2) is 58.8 Å². The summed E-state index contributed by atoms with van der Waals surface area (Å²) in [6.07, 6.45) is -4.43. The van der Waals surface area contributed by atoms with Gasteiger partial charge in [-0.15, -0.1) is 0 Å². The van der Waals surface area contributed by atoms with Gasteiger partial charge >= 0.3 is 18.2 Å². The minimum absolute atomic E-state index is 0.0346. The molecular weight excluding hydrogens is 479 g/mol. The van der Waals surface area contributed by atoms with Crippen LogP contribution in [0.3, 0.4) is 0 Å². The van der Waals surface area contributed by atoms with E-state index in [2.05, 4.69) is 4.98 Å². The van der Waals surface area contributed by atoms with Crippen LogP contribution in [-0.2, 0) is 15.7 Å². The number of hydrogen-bond donors (Lipinski definition) is 2. The van der Waals surface area contributed by atoms with Crippen LogP contribution in [0.2, 0.25) is 0 Å². The predicted octanol–water partition coefficient (Wildman–Crippen LogP) is 4.09. The molecule has 2 atom stereocenters. The lowest BCUT2D eigenvalue weighted by atomic mass is 10.0. The van der Waals surface area contributed by atoms with Gasteiger partial charge in [-0.1, -0.05) is 24.3 Å². The standard InChI is InChI=1S/C25H22F3N3O5/c26-25(27,28)19-5-2-1-4-17(19)20-10-14-7-8-15(11-18(14)22(32)29-20)31-13-16(36-24(31)35)12-30-9-3-6-21(30)23(33)34/h1-2,4-5,7-8,10-11,16,21H,3,6,9,12-13H2,(H,29,32)(H,33,34)/t16-,21+/m1/s1. The molecule has 11 heteroatoms. The molecule has 8 nitrogen and oxygen atoms in total. The highest BCUT2D eigenvalue weighted by Crippen LogP contribution is 2.37. The highest BCUT2D eigenvalue weighted by Gasteiger charge is 2.38. The first-order valence-electron chi connectivity index (χ1n) is 11.4. The van der Waals surface area contributed by atoms with Crippen LogP contribution in [0.4, 0.5) is 23.7 Å². The Kier molecular flexibility index (Phi) is 5.95. The smallest absolute Gasteiger partial charge is 0.417 e. The molecule has 2 fully saturated rings. The van der Waals surface area contributed by atoms with E-state index in [1.807, 2.05) is 0 Å². The number of alkyl halides is 3. The van der Waals surface area contributed by atoms with Gasteiger partial charge in [-0.2, -0.15) is 13.2 Å². The van der Waals surface area contributed by atoms with Crippen LogP contribution in [0.1, 0.15) is 18.4 Å². The van der Waals surface area contributed by atoms with Gasteiger partial charge in [-0.05, 0) is 49.0 Å². The molecule has 0 aliphatic carbocycles. The third-order valence-corrected chi connectivity index (χ3v) is 6.62. The molecule has 2 N–H and O–H groups in total. The number of anilines is 1. The average Bonchev–Trinajstić information content (AvgIpc) is 3.45. The molecule has 0 bridgehead atoms. The fraction of sp³-hybridized carbons (Fsp3) is 0.320. The van der Waals surface area contributed by atoms with E-state index in [4.69, 9.17) is 4.74 Å². The number of fused-ring (bicyclic) bond motifs is 1. The fourth-order valence-electron chi connectivity index (χ4n) is 4.94. The maximum atomic E-state index is 13.5. The van der Waals surface area contributed by atoms with Crippen molar-refractivity contribution in [3.63, 3.8) is 0 Å². The number of carboxylic acids is 1. The maximum absolute atomic E-state index is 13.5. The Morgan fingerprint density at radius 2 is 1.92 bits per heavy atom. The second kappa shape index (κ2) is 8.98. The van der Waals surface area contributed by atoms with Crippen molar-refractivity contribution in [1.82, 2.24) is 9.88 Å². The molecule has 1 aromatic heterocycles. The first kappa shape index (κ1) is 23.9. The monoisotopic (exact) mass is 501 g/mol. The number of ether oxygens (including phenoxy) is 1. The number of halogens is 3. The Bertz CT molecular complexity index is 1400. The highest BCUT2D eigenvalue weighted by atomic mass is 19.4. The largest absolute Gasteiger partial charge is 0.480 e. The molecule has 2 saturated heterocycles. The van der Waals surface area contributed by atoms with Gasteiger partial charge < -0.3 is 14.8 Å². The summed E-state index contributed by atoms with van der Waals surface area (Å²) in [6, 6.07) is 10.5. The van der Waals surface area contributed by atoms with E-state index < -0.39 is 41.5 Å². The number of hydrogen-bond acceptors (Lipinski definition) is 5. The molecule has 0 spiro atoms. The van der Waals surface area contributed by atoms with Crippen LogP contribution in [0.5, 0.6) is 0 Å². The summed E-state index contributed by atoms with van der Waals surface area (Å²) in [5.74, 6) is -0.903. The van der Waals surface area contributed by atoms with E-state index in [0.29, 0.717) is 24.0 Å². The van der Waals surface area contributed by atoms with Crippen molar-refractivity contribution in [2.45, 2.75) is 31.2 Å². The predicted molar refractivity (Wildman–Crippen MR) is 125 cm³/mol. The molecule has 188 valence electrons. The van der Waals surface area contributed by atoms with Gasteiger partial charge in [0.05, 0.1) is 12.1 Å². The molecule has 2 aliphatic rings. The molecule has 0 unspecified atom stereocenters. The van der Waals surface area contributed by atoms with Crippen LogP contribution >= 0.6 is 0 Å². The number of likely N-dealkylation sites (tertiary alicyclic amines) is 1. The second-order valence-electron chi connectivity index (χ2n) is 8.93. The Labute approximate surface area is 202 Å². The van der Waals surface area contributed by atoms with Gasteiger partial charge in [0.2, 0.25) is 0 Å². The van der Waals surface area contributed by atoms with Gasteiger partial charge in [0, 0.05) is 28.9 Å². The van der Waals surface area contributed by atoms with Gasteiger partial charge in [-0.25, -0.2) is 4.79 Å². The number of nitrogens with zero attached hydrogens (tertiary/aromatic N) is 2. The lowest BCUT2D eigenvalue weighted by molar-refractivity contribution is -0.142. The maximum Gasteiger partial charge on any atom is 0.417 e. The zero-order chi connectivity index (χ0) is 25.6. The lowest BCUT2D eigenvalue weighted by Gasteiger charge is -2.23. The molecule has 2 aliphatic heterocycles. The van der Waals surface area contributed by atoms with E-state index >= 15 is 0 Å². The quantitative estimate of drug-likeness (QED) is 0.546. The molecule has 0 saturated carbocycles. The van der Waals surface area contributed by atoms with Crippen LogP contribution in [0, 0.1) is 0 Å². The minimum Gasteiger partial charge on any atom is -0.480 e. The SMILES string of the molecule is O=C(O)[C@@H]1CCCN1C[C@@H]1CN(c2ccc3cc(-c4ccccc4C(F)(F)F)[nH]c(=O)c3c2)C(=O)O1. The molecule has 2 aromatic carbocycles. The molecule has 0 radical (unpaired) electrons. The number of aromatic amines is 1. The first-order valence-corrected chi connectivity index (χ1v) is 11.4. The normalized spacial score (nSPS) is 20.8. The Hall–Kier alpha value is -3.86. The lowest BCUT2D eigenvalue weighted by Crippen LogP contribution is -2.41. The van der Waals surface area contributed by atoms with E-state index in [1.165, 1.54) is 35.2 Å². The molecular formula is C25H22F3N3O5. The number of H-pyrrole nitrogens is 1. The van der Waals surface area contributed by atoms with E-state index in [0.717, 1.165) is 12.5 Å². The molecule has 3 aromatic rings. The third-order valence-electron chi connectivity index (χ3n) is 6.62. The fourth-order valence-corrected chi connectivity index (χ4v) is 4.94. The Morgan fingerprint density at radius 1 is 1.14 bits per heavy atom. The Morgan fingerprint density at radius 3 is 2.67 bits per heavy atom. The third kappa shape index (κ3) is 4.41. The van der Waals surface area contributed by atoms with Crippen molar-refractivity contribution in [2.75, 3.05) is 24.5 Å². The first-order chi connectivity index (χ1) is 17.1. The topological polar surface area (TPSA) is 103 Å². The number of amides is 1. The molecule has 3 heterocycles. The summed E-state index contributed by atoms with van der Waals surface area (Å²) in [5, 5.41) is 9.99. The summed E-state index contributed by atoms with van der Waals surface area (Å²) in [4.78, 5) is 42.5. The summed E-state index contributed by atoms with van der Waals surface area (Å²) in [6.45, 7) is 1.08. The second-order valence-corrected chi connectivity index (χ2v) is 8.93. The number of rotatable bonds is 5. The van der Waals surface area contributed by atoms with Crippen LogP contribution in [0.15, 0.2) is 53.3 Å². The zero-order valence-corrected chi connectivity index (χ0v) is 18.9. The number of aromatic nitrogens is 1. The number of cyclic esters (lactones) is 1. The van der Waals surface area contributed by atoms with Crippen LogP contribution < -0.4 is 10.5 Å². The van der Waals surface area contributed by atoms with Gasteiger partial charge in [0.25, 0.3) is 5.56 Å². The molecule has 5 rings (SSSR count). The van der Waals surface area contributed by atoms with Gasteiger partial charge in [0.1, 0.15) is 12.1 Å². The van der Waals surface area contributed by atoms with E-state index in [1.54, 1.807) is 17.0 Å². The number of carbonyl (C=O) groups is 2. The Balaban J connectivity index is 1.41. The number of nitrogens with one attached hydrogen (secondary N) is 1. The summed E-state index contributed by atoms with van der Waals surface area (Å²) < 4.78 is 45.8. The minimum atomic E-state index is -4.58. The van der Waals surface area contributed by atoms with Gasteiger partial charge in [0.15, 0.2) is 0 Å². The number of carboxylic acid groups (broad SMARTS) is 1. The van der Waals surface area contributed by atoms with Crippen molar-refractivity contribution < 1.29 is 32.6 Å². The van der Waals surface area contributed by atoms with Gasteiger partial charge in [-0.3, -0.25) is 19.4 Å². The van der Waals surface area contributed by atoms with E-state index in [-0.39, 0.29) is 29.7 Å². The number of benzene rings is 2. The highest BCUT2D eigenvalue weighted by molar-refractivity contribution is 5.94. The average molecular weight is 501 g/mol. The molecule has 1 amide bonds. The number of pyridine rings is 1. The summed E-state index contributed by atoms with van der Waals surface area (Å²) >= 11 is 0. The molecule has 36 heavy (non-hydrogen) atoms. The summed E-state index contributed by atoms with van der Waals surface area (Å²) in [7, 11) is 0. The van der Waals surface area contributed by atoms with Crippen molar-refractivity contribution >= 4 is 28.5 Å². The van der Waals surface area contributed by atoms with Crippen molar-refractivity contribution in [2.24, 2.45) is 0 Å². The van der Waals surface area contributed by atoms with Crippen LogP contribution in [0.25, 0.3) is 22.0 Å². The van der Waals surface area contributed by atoms with E-state index in [9.17, 15) is 32.7 Å². The summed E-state index contributed by atoms with van der Waals surface area (Å²) in [5.41, 5.74) is -1.15. The number of aliphatic carboxylic acids is 1. The van der Waals surface area contributed by atoms with Crippen molar-refractivity contribution in [3.05, 3.63) is 64.4 Å². The number of carbonyl (C=O) groups excluding carboxylic acids is 1. The zero-order valence-electron chi connectivity index (χ0n) is 18.9.